The van der Waals surface area contributed by atoms with Gasteiger partial charge in [-0.15, -0.1) is 0 Å². The lowest BCUT2D eigenvalue weighted by molar-refractivity contribution is -0.783. The number of carbonyl (C=O) groups excluding carboxylic acids is 3. The summed E-state index contributed by atoms with van der Waals surface area (Å²) in [7, 11) is 0. The lowest BCUT2D eigenvalue weighted by atomic mass is 9.84. The summed E-state index contributed by atoms with van der Waals surface area (Å²) in [6.45, 7) is 6.38. The van der Waals surface area contributed by atoms with Crippen molar-refractivity contribution in [1.29, 1.82) is 0 Å². The quantitative estimate of drug-likeness (QED) is 0.217. The highest BCUT2D eigenvalue weighted by Gasteiger charge is 2.41. The molecule has 0 aromatic heterocycles. The van der Waals surface area contributed by atoms with Gasteiger partial charge in [-0.25, -0.2) is 4.79 Å². The van der Waals surface area contributed by atoms with Gasteiger partial charge in [-0.2, -0.15) is 0 Å². The molecule has 1 unspecified atom stereocenters. The molecule has 0 aliphatic heterocycles. The molecule has 1 aromatic carbocycles. The molecule has 2 aliphatic carbocycles. The molecule has 8 heteroatoms. The smallest absolute Gasteiger partial charge is 0.335 e. The van der Waals surface area contributed by atoms with Gasteiger partial charge in [0, 0.05) is 19.4 Å². The first-order chi connectivity index (χ1) is 20.7. The maximum Gasteiger partial charge on any atom is 0.335 e. The zero-order valence-corrected chi connectivity index (χ0v) is 26.8. The molecule has 3 amide bonds. The number of nitrogens with two attached hydrogens (primary N) is 1. The fourth-order valence-electron chi connectivity index (χ4n) is 6.75. The van der Waals surface area contributed by atoms with Gasteiger partial charge in [0.15, 0.2) is 6.04 Å². The van der Waals surface area contributed by atoms with Crippen LogP contribution in [0.5, 0.6) is 0 Å². The van der Waals surface area contributed by atoms with Crippen molar-refractivity contribution in [1.82, 2.24) is 4.90 Å². The Hall–Kier alpha value is -2.42. The van der Waals surface area contributed by atoms with Crippen molar-refractivity contribution in [3.05, 3.63) is 41.1 Å². The molecular formula is C35H56N4O4. The van der Waals surface area contributed by atoms with Crippen LogP contribution in [-0.4, -0.2) is 53.5 Å². The summed E-state index contributed by atoms with van der Waals surface area (Å²) in [6, 6.07) is 6.61. The summed E-state index contributed by atoms with van der Waals surface area (Å²) >= 11 is 0. The van der Waals surface area contributed by atoms with Crippen molar-refractivity contribution in [2.45, 2.75) is 135 Å². The number of imide groups is 1. The summed E-state index contributed by atoms with van der Waals surface area (Å²) < 4.78 is 0. The molecule has 2 aliphatic rings. The van der Waals surface area contributed by atoms with E-state index in [-0.39, 0.29) is 25.2 Å². The SMILES string of the molecule is CCC[C@@H](C(=O)[NH+]([O-])[C@H](C=NCC1CCCCC1)CC1CCCCC1)N(C(=O)CC(C)C)C(=O)[C@@H](N)Cc1ccccc1. The van der Waals surface area contributed by atoms with Crippen LogP contribution < -0.4 is 10.8 Å². The van der Waals surface area contributed by atoms with E-state index in [0.29, 0.717) is 31.2 Å². The Balaban J connectivity index is 1.85. The Morgan fingerprint density at radius 1 is 1.00 bits per heavy atom. The van der Waals surface area contributed by atoms with Crippen LogP contribution >= 0.6 is 0 Å². The van der Waals surface area contributed by atoms with E-state index < -0.39 is 40.9 Å². The second-order valence-corrected chi connectivity index (χ2v) is 13.4. The highest BCUT2D eigenvalue weighted by atomic mass is 16.5. The maximum atomic E-state index is 14.1. The Kier molecular flexibility index (Phi) is 15.0. The lowest BCUT2D eigenvalue weighted by Crippen LogP contribution is -3.16. The molecule has 3 rings (SSSR count). The third-order valence-electron chi connectivity index (χ3n) is 9.15. The Morgan fingerprint density at radius 2 is 1.60 bits per heavy atom. The number of benzene rings is 1. The Morgan fingerprint density at radius 3 is 2.19 bits per heavy atom. The second kappa shape index (κ2) is 18.4. The molecule has 1 aromatic rings. The standard InChI is InChI=1S/C35H56N4O4/c1-4-14-32(38(33(40)21-26(2)3)34(41)31(36)23-28-17-10-6-11-18-28)35(42)39(43)30(22-27-15-8-5-9-16-27)25-37-24-29-19-12-7-13-20-29/h6,10-11,17-18,25-27,29-32,39H,4-5,7-9,12-16,19-24,36H2,1-3H3/t30-,31-,32-/m0/s1. The molecule has 4 atom stereocenters. The molecule has 0 saturated heterocycles. The van der Waals surface area contributed by atoms with E-state index in [2.05, 4.69) is 0 Å². The third-order valence-corrected chi connectivity index (χ3v) is 9.15. The van der Waals surface area contributed by atoms with Crippen molar-refractivity contribution < 1.29 is 19.4 Å². The van der Waals surface area contributed by atoms with Gasteiger partial charge in [0.1, 0.15) is 6.04 Å². The van der Waals surface area contributed by atoms with E-state index in [9.17, 15) is 19.6 Å². The number of rotatable bonds is 15. The van der Waals surface area contributed by atoms with Gasteiger partial charge in [-0.1, -0.05) is 109 Å². The summed E-state index contributed by atoms with van der Waals surface area (Å²) in [6.07, 6.45) is 15.1. The van der Waals surface area contributed by atoms with Crippen LogP contribution in [0.2, 0.25) is 0 Å². The van der Waals surface area contributed by atoms with Crippen LogP contribution in [-0.2, 0) is 20.8 Å². The molecule has 240 valence electrons. The predicted molar refractivity (Wildman–Crippen MR) is 172 cm³/mol. The van der Waals surface area contributed by atoms with Gasteiger partial charge < -0.3 is 16.0 Å². The number of carbonyl (C=O) groups is 3. The van der Waals surface area contributed by atoms with Gasteiger partial charge in [-0.05, 0) is 49.0 Å². The average molecular weight is 597 g/mol. The van der Waals surface area contributed by atoms with Gasteiger partial charge >= 0.3 is 5.91 Å². The van der Waals surface area contributed by atoms with E-state index in [1.165, 1.54) is 25.7 Å². The second-order valence-electron chi connectivity index (χ2n) is 13.4. The molecular weight excluding hydrogens is 540 g/mol. The van der Waals surface area contributed by atoms with E-state index in [4.69, 9.17) is 10.7 Å². The summed E-state index contributed by atoms with van der Waals surface area (Å²) in [5.41, 5.74) is 7.26. The van der Waals surface area contributed by atoms with Crippen molar-refractivity contribution in [2.75, 3.05) is 6.54 Å². The number of quaternary nitrogens is 1. The van der Waals surface area contributed by atoms with Crippen molar-refractivity contribution in [3.8, 4) is 0 Å². The van der Waals surface area contributed by atoms with Crippen LogP contribution in [0.15, 0.2) is 35.3 Å². The number of hydrogen-bond acceptors (Lipinski definition) is 6. The van der Waals surface area contributed by atoms with Crippen LogP contribution in [0.1, 0.15) is 116 Å². The predicted octanol–water partition coefficient (Wildman–Crippen LogP) is 5.03. The fraction of sp³-hybridized carbons (Fsp3) is 0.714. The van der Waals surface area contributed by atoms with E-state index in [1.807, 2.05) is 51.1 Å². The van der Waals surface area contributed by atoms with Crippen molar-refractivity contribution in [2.24, 2.45) is 28.5 Å². The Bertz CT molecular complexity index is 1020. The number of aliphatic imine (C=N–C) groups is 1. The molecule has 43 heavy (non-hydrogen) atoms. The van der Waals surface area contributed by atoms with Crippen LogP contribution in [0, 0.1) is 23.0 Å². The molecule has 0 spiro atoms. The number of amides is 3. The van der Waals surface area contributed by atoms with Gasteiger partial charge in [0.2, 0.25) is 11.8 Å². The van der Waals surface area contributed by atoms with Crippen LogP contribution in [0.3, 0.4) is 0 Å². The first-order valence-corrected chi connectivity index (χ1v) is 16.9. The first kappa shape index (κ1) is 35.1. The number of nitrogens with zero attached hydrogens (tertiary/aromatic N) is 2. The normalized spacial score (nSPS) is 19.7. The zero-order chi connectivity index (χ0) is 31.2. The molecule has 0 bridgehead atoms. The highest BCUT2D eigenvalue weighted by Crippen LogP contribution is 2.27. The maximum absolute atomic E-state index is 14.1. The molecule has 0 radical (unpaired) electrons. The number of hydroxylamine groups is 2. The van der Waals surface area contributed by atoms with Gasteiger partial charge in [0.05, 0.1) is 12.3 Å². The van der Waals surface area contributed by atoms with Crippen molar-refractivity contribution in [3.63, 3.8) is 0 Å². The minimum Gasteiger partial charge on any atom is -0.626 e. The Labute approximate surface area is 259 Å². The van der Waals surface area contributed by atoms with Gasteiger partial charge in [0.25, 0.3) is 0 Å². The number of nitrogens with one attached hydrogen (secondary N) is 1. The summed E-state index contributed by atoms with van der Waals surface area (Å²) in [5.74, 6) is -0.814. The number of hydrogen-bond donors (Lipinski definition) is 2. The third kappa shape index (κ3) is 11.2. The summed E-state index contributed by atoms with van der Waals surface area (Å²) in [5, 5.41) is 13.5. The molecule has 2 fully saturated rings. The fourth-order valence-corrected chi connectivity index (χ4v) is 6.75. The highest BCUT2D eigenvalue weighted by molar-refractivity contribution is 6.01. The largest absolute Gasteiger partial charge is 0.626 e. The lowest BCUT2D eigenvalue weighted by Gasteiger charge is -2.36. The first-order valence-electron chi connectivity index (χ1n) is 16.9. The van der Waals surface area contributed by atoms with E-state index in [1.54, 1.807) is 6.21 Å². The average Bonchev–Trinajstić information content (AvgIpc) is 3.00. The monoisotopic (exact) mass is 596 g/mol. The minimum atomic E-state index is -1.15. The van der Waals surface area contributed by atoms with Gasteiger partial charge in [-0.3, -0.25) is 19.5 Å². The topological polar surface area (TPSA) is 120 Å². The van der Waals surface area contributed by atoms with Crippen LogP contribution in [0.4, 0.5) is 0 Å². The molecule has 8 nitrogen and oxygen atoms in total. The van der Waals surface area contributed by atoms with E-state index in [0.717, 1.165) is 49.0 Å². The molecule has 0 heterocycles. The van der Waals surface area contributed by atoms with E-state index >= 15 is 0 Å². The minimum absolute atomic E-state index is 0.0211. The summed E-state index contributed by atoms with van der Waals surface area (Å²) in [4.78, 5) is 47.3. The van der Waals surface area contributed by atoms with Crippen LogP contribution in [0.25, 0.3) is 0 Å². The van der Waals surface area contributed by atoms with Crippen molar-refractivity contribution >= 4 is 23.9 Å². The zero-order valence-electron chi connectivity index (χ0n) is 26.8. The molecule has 2 saturated carbocycles. The molecule has 3 N–H and O–H groups in total.